The Labute approximate surface area is 120 Å². The maximum absolute atomic E-state index is 13.6. The van der Waals surface area contributed by atoms with Crippen LogP contribution in [-0.4, -0.2) is 25.3 Å². The molecule has 1 aliphatic carbocycles. The average molecular weight is 294 g/mol. The Morgan fingerprint density at radius 1 is 1.45 bits per heavy atom. The molecule has 5 nitrogen and oxygen atoms in total. The van der Waals surface area contributed by atoms with Crippen molar-refractivity contribution in [2.45, 2.75) is 48.9 Å². The molecule has 3 rings (SSSR count). The minimum Gasteiger partial charge on any atom is -0.389 e. The van der Waals surface area contributed by atoms with E-state index in [2.05, 4.69) is 15.5 Å². The first-order valence-corrected chi connectivity index (χ1v) is 7.31. The lowest BCUT2D eigenvalue weighted by Crippen LogP contribution is -2.01. The molecule has 1 atom stereocenters. The van der Waals surface area contributed by atoms with Crippen molar-refractivity contribution in [3.05, 3.63) is 29.1 Å². The lowest BCUT2D eigenvalue weighted by molar-refractivity contribution is 0.196. The van der Waals surface area contributed by atoms with Gasteiger partial charge in [0.25, 0.3) is 0 Å². The zero-order valence-corrected chi connectivity index (χ0v) is 12.1. The van der Waals surface area contributed by atoms with Crippen molar-refractivity contribution < 1.29 is 9.50 Å². The first kappa shape index (κ1) is 13.5. The molecule has 1 saturated carbocycles. The summed E-state index contributed by atoms with van der Waals surface area (Å²) in [5.74, 6) is -0.313. The van der Waals surface area contributed by atoms with E-state index in [0.29, 0.717) is 22.3 Å². The number of benzene rings is 1. The largest absolute Gasteiger partial charge is 0.389 e. The molecule has 1 aromatic heterocycles. The summed E-state index contributed by atoms with van der Waals surface area (Å²) in [5, 5.41) is 22.2. The summed E-state index contributed by atoms with van der Waals surface area (Å²) < 4.78 is 15.5. The molecule has 0 saturated heterocycles. The number of halogens is 1. The van der Waals surface area contributed by atoms with E-state index in [4.69, 9.17) is 0 Å². The van der Waals surface area contributed by atoms with E-state index in [9.17, 15) is 9.50 Å². The second-order valence-corrected chi connectivity index (χ2v) is 6.06. The maximum atomic E-state index is 13.6. The molecule has 20 heavy (non-hydrogen) atoms. The number of aromatic nitrogens is 4. The number of hydrogen-bond donors (Lipinski definition) is 1. The Kier molecular flexibility index (Phi) is 3.47. The van der Waals surface area contributed by atoms with Crippen LogP contribution in [0, 0.1) is 12.7 Å². The van der Waals surface area contributed by atoms with Gasteiger partial charge in [-0.3, -0.25) is 0 Å². The van der Waals surface area contributed by atoms with E-state index in [1.165, 1.54) is 17.8 Å². The first-order chi connectivity index (χ1) is 9.56. The van der Waals surface area contributed by atoms with Crippen LogP contribution in [-0.2, 0) is 0 Å². The average Bonchev–Trinajstić information content (AvgIpc) is 3.14. The molecule has 106 valence electrons. The molecule has 0 unspecified atom stereocenters. The zero-order chi connectivity index (χ0) is 14.3. The summed E-state index contributed by atoms with van der Waals surface area (Å²) in [6.45, 7) is 3.33. The number of aliphatic hydroxyl groups is 1. The standard InChI is InChI=1S/C13H15FN4OS/c1-7-5-12(10(8(2)19)6-11(7)14)20-13-15-16-17-18(13)9-3-4-9/h5-6,8-9,19H,3-4H2,1-2H3/t8-/m0/s1. The van der Waals surface area contributed by atoms with E-state index < -0.39 is 6.10 Å². The molecule has 0 radical (unpaired) electrons. The molecule has 0 aliphatic heterocycles. The van der Waals surface area contributed by atoms with Gasteiger partial charge in [0.05, 0.1) is 12.1 Å². The molecule has 1 heterocycles. The number of tetrazole rings is 1. The minimum absolute atomic E-state index is 0.313. The molecule has 0 bridgehead atoms. The predicted molar refractivity (Wildman–Crippen MR) is 72.0 cm³/mol. The molecular weight excluding hydrogens is 279 g/mol. The van der Waals surface area contributed by atoms with Crippen LogP contribution in [0.1, 0.15) is 43.0 Å². The van der Waals surface area contributed by atoms with E-state index >= 15 is 0 Å². The number of aliphatic hydroxyl groups excluding tert-OH is 1. The van der Waals surface area contributed by atoms with Gasteiger partial charge in [0.2, 0.25) is 5.16 Å². The summed E-state index contributed by atoms with van der Waals surface area (Å²) in [7, 11) is 0. The van der Waals surface area contributed by atoms with Crippen LogP contribution >= 0.6 is 11.8 Å². The fraction of sp³-hybridized carbons (Fsp3) is 0.462. The van der Waals surface area contributed by atoms with E-state index in [0.717, 1.165) is 17.7 Å². The number of aryl methyl sites for hydroxylation is 1. The maximum Gasteiger partial charge on any atom is 0.214 e. The highest BCUT2D eigenvalue weighted by molar-refractivity contribution is 7.99. The molecule has 1 aromatic carbocycles. The van der Waals surface area contributed by atoms with Gasteiger partial charge in [-0.25, -0.2) is 9.07 Å². The van der Waals surface area contributed by atoms with Gasteiger partial charge in [-0.1, -0.05) is 0 Å². The normalized spacial score (nSPS) is 16.4. The Hall–Kier alpha value is -1.47. The van der Waals surface area contributed by atoms with Crippen molar-refractivity contribution in [3.63, 3.8) is 0 Å². The van der Waals surface area contributed by atoms with Gasteiger partial charge in [0.15, 0.2) is 0 Å². The van der Waals surface area contributed by atoms with Crippen molar-refractivity contribution in [2.75, 3.05) is 0 Å². The van der Waals surface area contributed by atoms with Gasteiger partial charge in [0.1, 0.15) is 5.82 Å². The highest BCUT2D eigenvalue weighted by atomic mass is 32.2. The Morgan fingerprint density at radius 2 is 2.20 bits per heavy atom. The molecule has 1 aliphatic rings. The third-order valence-corrected chi connectivity index (χ3v) is 4.32. The monoisotopic (exact) mass is 294 g/mol. The quantitative estimate of drug-likeness (QED) is 0.939. The second kappa shape index (κ2) is 5.14. The van der Waals surface area contributed by atoms with Gasteiger partial charge < -0.3 is 5.11 Å². The summed E-state index contributed by atoms with van der Waals surface area (Å²) in [5.41, 5.74) is 1.10. The van der Waals surface area contributed by atoms with Crippen LogP contribution in [0.15, 0.2) is 22.2 Å². The summed E-state index contributed by atoms with van der Waals surface area (Å²) >= 11 is 1.37. The Morgan fingerprint density at radius 3 is 2.85 bits per heavy atom. The van der Waals surface area contributed by atoms with Crippen LogP contribution < -0.4 is 0 Å². The van der Waals surface area contributed by atoms with Gasteiger partial charge in [-0.15, -0.1) is 5.10 Å². The molecule has 1 fully saturated rings. The smallest absolute Gasteiger partial charge is 0.214 e. The van der Waals surface area contributed by atoms with Crippen molar-refractivity contribution in [1.82, 2.24) is 20.2 Å². The van der Waals surface area contributed by atoms with Crippen LogP contribution in [0.3, 0.4) is 0 Å². The molecule has 7 heteroatoms. The summed E-state index contributed by atoms with van der Waals surface area (Å²) in [4.78, 5) is 0.788. The number of nitrogens with zero attached hydrogens (tertiary/aromatic N) is 4. The van der Waals surface area contributed by atoms with Crippen molar-refractivity contribution in [2.24, 2.45) is 0 Å². The van der Waals surface area contributed by atoms with Gasteiger partial charge in [-0.05, 0) is 72.1 Å². The summed E-state index contributed by atoms with van der Waals surface area (Å²) in [6.07, 6.45) is 1.44. The fourth-order valence-electron chi connectivity index (χ4n) is 1.98. The Bertz CT molecular complexity index is 639. The fourth-order valence-corrected chi connectivity index (χ4v) is 3.12. The molecule has 1 N–H and O–H groups in total. The van der Waals surface area contributed by atoms with E-state index in [1.807, 2.05) is 0 Å². The number of hydrogen-bond acceptors (Lipinski definition) is 5. The topological polar surface area (TPSA) is 63.8 Å². The summed E-state index contributed by atoms with van der Waals surface area (Å²) in [6, 6.07) is 3.49. The third kappa shape index (κ3) is 2.55. The van der Waals surface area contributed by atoms with Crippen LogP contribution in [0.4, 0.5) is 4.39 Å². The van der Waals surface area contributed by atoms with Crippen LogP contribution in [0.5, 0.6) is 0 Å². The van der Waals surface area contributed by atoms with Crippen LogP contribution in [0.25, 0.3) is 0 Å². The SMILES string of the molecule is Cc1cc(Sc2nnnn2C2CC2)c([C@H](C)O)cc1F. The van der Waals surface area contributed by atoms with Gasteiger partial charge in [-0.2, -0.15) is 0 Å². The molecule has 0 spiro atoms. The van der Waals surface area contributed by atoms with Gasteiger partial charge in [0, 0.05) is 4.90 Å². The lowest BCUT2D eigenvalue weighted by atomic mass is 10.1. The van der Waals surface area contributed by atoms with E-state index in [-0.39, 0.29) is 5.82 Å². The van der Waals surface area contributed by atoms with Crippen LogP contribution in [0.2, 0.25) is 0 Å². The molecular formula is C13H15FN4OS. The highest BCUT2D eigenvalue weighted by Gasteiger charge is 2.28. The lowest BCUT2D eigenvalue weighted by Gasteiger charge is -2.13. The number of rotatable bonds is 4. The predicted octanol–water partition coefficient (Wildman–Crippen LogP) is 2.66. The first-order valence-electron chi connectivity index (χ1n) is 6.50. The highest BCUT2D eigenvalue weighted by Crippen LogP contribution is 2.39. The van der Waals surface area contributed by atoms with Crippen molar-refractivity contribution >= 4 is 11.8 Å². The molecule has 0 amide bonds. The Balaban J connectivity index is 1.96. The van der Waals surface area contributed by atoms with Crippen molar-refractivity contribution in [3.8, 4) is 0 Å². The third-order valence-electron chi connectivity index (χ3n) is 3.30. The van der Waals surface area contributed by atoms with Crippen molar-refractivity contribution in [1.29, 1.82) is 0 Å². The molecule has 2 aromatic rings. The zero-order valence-electron chi connectivity index (χ0n) is 11.2. The minimum atomic E-state index is -0.738. The van der Waals surface area contributed by atoms with Gasteiger partial charge >= 0.3 is 0 Å². The second-order valence-electron chi connectivity index (χ2n) is 5.05. The van der Waals surface area contributed by atoms with E-state index in [1.54, 1.807) is 24.6 Å².